The van der Waals surface area contributed by atoms with Crippen molar-refractivity contribution in [3.05, 3.63) is 29.8 Å². The zero-order valence-electron chi connectivity index (χ0n) is 58.9. The first-order chi connectivity index (χ1) is 47.5. The lowest BCUT2D eigenvalue weighted by Crippen LogP contribution is -2.57. The number of hydrogen-bond acceptors (Lipinski definition) is 20. The minimum Gasteiger partial charge on any atom is -0.481 e. The standard InChI is InChI=1S/C67H103FN8O25Si/c1-66(2,3)102(68,67(4,5)6)49-20-14-42(15-21-49)59(90)70-38-45(37-47(78)18-22-52(65(100)101)76-33-31-74(40-57(86)87)29-27-73(39-56(84)85)28-30-75(32-34-76)41-58(88)89)60(91)72-51(64(98)99)13-9-10-26-69-53(80)24-19-46(77)11-7-8-12-50(63(96)97)71-54(81)23-16-43(61(92)93)35-48(79)36-44(62(94)95)17-25-55(82)83/h14-15,20-21,43-45,50-52H,7-13,16-19,22-41H2,1-6H3,(H,69,80)(H,70,90)(H,71,81)(H,72,91)(H,82,83)(H,84,85)(H,86,87)(H,88,89)(H,92,93)(H,94,95)(H,96,97)(H,98,99)(H,100,101)/t43-,44-,45+,50+,51-,52+/m1/s1. The average molecular weight is 1470 g/mol. The summed E-state index contributed by atoms with van der Waals surface area (Å²) in [4.78, 5) is 206. The van der Waals surface area contributed by atoms with Gasteiger partial charge in [0.1, 0.15) is 35.5 Å². The summed E-state index contributed by atoms with van der Waals surface area (Å²) in [5.41, 5.74) is 0.0713. The molecule has 0 radical (unpaired) electrons. The van der Waals surface area contributed by atoms with Gasteiger partial charge in [-0.15, -0.1) is 0 Å². The normalized spacial score (nSPS) is 15.8. The van der Waals surface area contributed by atoms with E-state index in [4.69, 9.17) is 5.11 Å². The van der Waals surface area contributed by atoms with Crippen molar-refractivity contribution in [2.45, 2.75) is 185 Å². The van der Waals surface area contributed by atoms with Crippen molar-refractivity contribution in [2.75, 3.05) is 85.1 Å². The van der Waals surface area contributed by atoms with Crippen LogP contribution in [0, 0.1) is 17.8 Å². The van der Waals surface area contributed by atoms with Crippen LogP contribution < -0.4 is 26.5 Å². The minimum absolute atomic E-state index is 0.0163. The van der Waals surface area contributed by atoms with Crippen LogP contribution in [0.15, 0.2) is 24.3 Å². The number of halogens is 1. The van der Waals surface area contributed by atoms with Crippen molar-refractivity contribution in [1.82, 2.24) is 40.9 Å². The molecule has 6 atom stereocenters. The highest BCUT2D eigenvalue weighted by molar-refractivity contribution is 6.90. The number of aliphatic carboxylic acids is 9. The third-order valence-electron chi connectivity index (χ3n) is 17.7. The van der Waals surface area contributed by atoms with Gasteiger partial charge in [-0.2, -0.15) is 0 Å². The molecule has 1 fully saturated rings. The Hall–Kier alpha value is -8.67. The average Bonchev–Trinajstić information content (AvgIpc) is 0.748. The van der Waals surface area contributed by atoms with E-state index in [1.54, 1.807) is 0 Å². The number of rotatable bonds is 47. The van der Waals surface area contributed by atoms with Gasteiger partial charge in [0.05, 0.1) is 37.4 Å². The number of amides is 4. The van der Waals surface area contributed by atoms with Crippen LogP contribution in [0.25, 0.3) is 0 Å². The number of carboxylic acids is 9. The number of hydrogen-bond donors (Lipinski definition) is 13. The van der Waals surface area contributed by atoms with Crippen molar-refractivity contribution in [2.24, 2.45) is 17.8 Å². The first-order valence-corrected chi connectivity index (χ1v) is 35.8. The van der Waals surface area contributed by atoms with E-state index in [1.165, 1.54) is 43.9 Å². The fourth-order valence-electron chi connectivity index (χ4n) is 12.2. The van der Waals surface area contributed by atoms with Gasteiger partial charge in [-0.25, -0.2) is 9.59 Å². The zero-order valence-corrected chi connectivity index (χ0v) is 59.9. The van der Waals surface area contributed by atoms with Crippen molar-refractivity contribution >= 4 is 108 Å². The van der Waals surface area contributed by atoms with Crippen LogP contribution in [-0.2, 0) is 71.9 Å². The smallest absolute Gasteiger partial charge is 0.326 e. The van der Waals surface area contributed by atoms with E-state index >= 15 is 4.11 Å². The number of nitrogens with zero attached hydrogens (tertiary/aromatic N) is 4. The van der Waals surface area contributed by atoms with E-state index in [1.807, 2.05) is 41.5 Å². The molecule has 572 valence electrons. The number of nitrogens with one attached hydrogen (secondary N) is 4. The largest absolute Gasteiger partial charge is 0.481 e. The Balaban J connectivity index is 2.15. The SMILES string of the molecule is CC(C)(C)[Si](F)(c1ccc(C(=O)NC[C@H](CC(=O)CC[C@@H](C(=O)O)N2CCN(CC(=O)O)CCN(CC(=O)O)CCN(CC(=O)O)CC2)C(=O)N[C@H](CCCCNC(=O)CCC(=O)CCCC[C@H](NC(=O)CC[C@H](CC(=O)C[C@@H](CCC(=O)O)C(=O)O)C(=O)O)C(=O)O)C(=O)O)cc1)C(C)(C)C. The molecule has 33 nitrogen and oxygen atoms in total. The highest BCUT2D eigenvalue weighted by Crippen LogP contribution is 2.51. The highest BCUT2D eigenvalue weighted by atomic mass is 28.4. The second kappa shape index (κ2) is 44.0. The molecule has 13 N–H and O–H groups in total. The maximum absolute atomic E-state index is 17.2. The summed E-state index contributed by atoms with van der Waals surface area (Å²) in [6.07, 6.45) is -4.80. The Kier molecular flexibility index (Phi) is 38.5. The van der Waals surface area contributed by atoms with Crippen LogP contribution in [0.4, 0.5) is 4.11 Å². The topological polar surface area (TPSA) is 516 Å². The first kappa shape index (κ1) is 89.4. The highest BCUT2D eigenvalue weighted by Gasteiger charge is 2.56. The number of benzene rings is 1. The van der Waals surface area contributed by atoms with Crippen LogP contribution >= 0.6 is 0 Å². The van der Waals surface area contributed by atoms with Gasteiger partial charge in [-0.1, -0.05) is 60.1 Å². The van der Waals surface area contributed by atoms with Crippen LogP contribution in [0.5, 0.6) is 0 Å². The molecule has 1 aromatic carbocycles. The lowest BCUT2D eigenvalue weighted by Gasteiger charge is -2.44. The van der Waals surface area contributed by atoms with E-state index in [2.05, 4.69) is 21.3 Å². The molecule has 1 heterocycles. The van der Waals surface area contributed by atoms with Gasteiger partial charge < -0.3 is 71.3 Å². The number of carbonyl (C=O) groups is 16. The summed E-state index contributed by atoms with van der Waals surface area (Å²) in [6.45, 7) is 8.94. The second-order valence-electron chi connectivity index (χ2n) is 27.8. The van der Waals surface area contributed by atoms with Crippen molar-refractivity contribution in [3.63, 3.8) is 0 Å². The monoisotopic (exact) mass is 1470 g/mol. The molecule has 0 spiro atoms. The maximum Gasteiger partial charge on any atom is 0.326 e. The summed E-state index contributed by atoms with van der Waals surface area (Å²) < 4.78 is 17.2. The molecule has 102 heavy (non-hydrogen) atoms. The van der Waals surface area contributed by atoms with Gasteiger partial charge in [0.2, 0.25) is 17.7 Å². The molecule has 0 saturated carbocycles. The van der Waals surface area contributed by atoms with Gasteiger partial charge in [0, 0.05) is 129 Å². The molecular formula is C67H103FN8O25Si. The van der Waals surface area contributed by atoms with E-state index in [0.29, 0.717) is 5.19 Å². The van der Waals surface area contributed by atoms with Gasteiger partial charge in [0.15, 0.2) is 0 Å². The molecule has 1 aliphatic heterocycles. The molecule has 0 aromatic heterocycles. The molecule has 1 saturated heterocycles. The summed E-state index contributed by atoms with van der Waals surface area (Å²) in [7, 11) is -3.76. The van der Waals surface area contributed by atoms with Gasteiger partial charge in [0.25, 0.3) is 14.3 Å². The second-order valence-corrected chi connectivity index (χ2v) is 32.7. The first-order valence-electron chi connectivity index (χ1n) is 34.0. The predicted octanol–water partition coefficient (Wildman–Crippen LogP) is 2.15. The van der Waals surface area contributed by atoms with Gasteiger partial charge in [-0.05, 0) is 78.8 Å². The van der Waals surface area contributed by atoms with Crippen LogP contribution in [0.3, 0.4) is 0 Å². The molecule has 0 bridgehead atoms. The summed E-state index contributed by atoms with van der Waals surface area (Å²) in [6, 6.07) is 1.51. The Bertz CT molecular complexity index is 3040. The molecule has 1 aromatic rings. The third-order valence-corrected chi connectivity index (χ3v) is 23.0. The van der Waals surface area contributed by atoms with Crippen LogP contribution in [0.1, 0.15) is 167 Å². The number of unbranched alkanes of at least 4 members (excludes halogenated alkanes) is 2. The molecule has 4 amide bonds. The fraction of sp³-hybridized carbons (Fsp3) is 0.672. The minimum atomic E-state index is -3.76. The number of carbonyl (C=O) groups excluding carboxylic acids is 7. The quantitative estimate of drug-likeness (QED) is 0.0253. The Morgan fingerprint density at radius 3 is 1.32 bits per heavy atom. The predicted molar refractivity (Wildman–Crippen MR) is 364 cm³/mol. The van der Waals surface area contributed by atoms with Gasteiger partial charge >= 0.3 is 53.7 Å². The molecule has 0 unspecified atom stereocenters. The number of carboxylic acid groups (broad SMARTS) is 9. The van der Waals surface area contributed by atoms with E-state index in [-0.39, 0.29) is 141 Å². The molecule has 35 heteroatoms. The van der Waals surface area contributed by atoms with Gasteiger partial charge in [-0.3, -0.25) is 86.7 Å². The number of ketones is 3. The third kappa shape index (κ3) is 33.4. The van der Waals surface area contributed by atoms with E-state index < -0.39 is 214 Å². The zero-order chi connectivity index (χ0) is 77.2. The van der Waals surface area contributed by atoms with E-state index in [9.17, 15) is 118 Å². The molecule has 2 rings (SSSR count). The molecule has 1 aliphatic rings. The number of Topliss-reactive ketones (excluding diaryl/α,β-unsaturated/α-hetero) is 3. The van der Waals surface area contributed by atoms with Crippen molar-refractivity contribution in [3.8, 4) is 0 Å². The summed E-state index contributed by atoms with van der Waals surface area (Å²) >= 11 is 0. The Morgan fingerprint density at radius 1 is 0.431 bits per heavy atom. The van der Waals surface area contributed by atoms with Crippen LogP contribution in [0.2, 0.25) is 10.1 Å². The van der Waals surface area contributed by atoms with E-state index in [0.717, 1.165) is 0 Å². The van der Waals surface area contributed by atoms with Crippen molar-refractivity contribution < 1.29 is 127 Å². The summed E-state index contributed by atoms with van der Waals surface area (Å²) in [5.74, 6) is -21.2. The Morgan fingerprint density at radius 2 is 0.882 bits per heavy atom. The fourth-order valence-corrected chi connectivity index (χ4v) is 16.8. The molecular weight excluding hydrogens is 1360 g/mol. The lowest BCUT2D eigenvalue weighted by atomic mass is 9.90. The van der Waals surface area contributed by atoms with Crippen LogP contribution in [-0.4, -0.2) is 272 Å². The maximum atomic E-state index is 17.2. The lowest BCUT2D eigenvalue weighted by molar-refractivity contribution is -0.147. The molecule has 0 aliphatic carbocycles. The Labute approximate surface area is 591 Å². The summed E-state index contributed by atoms with van der Waals surface area (Å²) in [5, 5.41) is 96.1. The van der Waals surface area contributed by atoms with Crippen molar-refractivity contribution in [1.29, 1.82) is 0 Å².